The molecule has 1 aliphatic heterocycles. The molecular weight excluding hydrogens is 302 g/mol. The number of aryl methyl sites for hydroxylation is 1. The van der Waals surface area contributed by atoms with Crippen molar-refractivity contribution in [2.75, 3.05) is 6.54 Å². The summed E-state index contributed by atoms with van der Waals surface area (Å²) in [6.07, 6.45) is 10.3. The lowest BCUT2D eigenvalue weighted by atomic mass is 9.97. The molecule has 0 saturated carbocycles. The average molecular weight is 321 g/mol. The van der Waals surface area contributed by atoms with Gasteiger partial charge in [0.15, 0.2) is 0 Å². The first kappa shape index (κ1) is 14.8. The van der Waals surface area contributed by atoms with E-state index in [4.69, 9.17) is 0 Å². The van der Waals surface area contributed by atoms with Crippen LogP contribution in [0.25, 0.3) is 5.78 Å². The zero-order valence-corrected chi connectivity index (χ0v) is 13.6. The molecule has 3 aromatic heterocycles. The Labute approximate surface area is 140 Å². The van der Waals surface area contributed by atoms with Crippen LogP contribution in [-0.4, -0.2) is 36.7 Å². The molecule has 1 aliphatic rings. The van der Waals surface area contributed by atoms with Gasteiger partial charge < -0.3 is 4.90 Å². The van der Waals surface area contributed by atoms with Crippen LogP contribution in [0.5, 0.6) is 0 Å². The first-order valence-corrected chi connectivity index (χ1v) is 8.26. The Balaban J connectivity index is 1.70. The van der Waals surface area contributed by atoms with Gasteiger partial charge in [0, 0.05) is 37.0 Å². The van der Waals surface area contributed by atoms with Crippen molar-refractivity contribution in [3.8, 4) is 0 Å². The summed E-state index contributed by atoms with van der Waals surface area (Å²) in [6.45, 7) is 2.63. The van der Waals surface area contributed by atoms with Gasteiger partial charge >= 0.3 is 0 Å². The zero-order valence-electron chi connectivity index (χ0n) is 13.6. The van der Waals surface area contributed by atoms with E-state index in [1.807, 2.05) is 46.8 Å². The minimum Gasteiger partial charge on any atom is -0.330 e. The monoisotopic (exact) mass is 321 g/mol. The Morgan fingerprint density at radius 1 is 1.17 bits per heavy atom. The van der Waals surface area contributed by atoms with Gasteiger partial charge in [-0.25, -0.2) is 9.97 Å². The fourth-order valence-corrected chi connectivity index (χ4v) is 3.35. The van der Waals surface area contributed by atoms with Gasteiger partial charge in [0.1, 0.15) is 0 Å². The maximum atomic E-state index is 13.1. The third-order valence-corrected chi connectivity index (χ3v) is 4.63. The number of carbonyl (C=O) groups is 1. The predicted octanol–water partition coefficient (Wildman–Crippen LogP) is 2.80. The molecule has 1 amide bonds. The predicted molar refractivity (Wildman–Crippen MR) is 89.6 cm³/mol. The lowest BCUT2D eigenvalue weighted by molar-refractivity contribution is 0.0605. The molecule has 4 heterocycles. The van der Waals surface area contributed by atoms with E-state index in [1.54, 1.807) is 12.4 Å². The molecule has 24 heavy (non-hydrogen) atoms. The molecule has 122 valence electrons. The minimum absolute atomic E-state index is 0.00689. The van der Waals surface area contributed by atoms with Crippen LogP contribution < -0.4 is 0 Å². The van der Waals surface area contributed by atoms with E-state index in [0.717, 1.165) is 37.2 Å². The van der Waals surface area contributed by atoms with Gasteiger partial charge in [-0.15, -0.1) is 0 Å². The first-order chi connectivity index (χ1) is 11.7. The van der Waals surface area contributed by atoms with Crippen LogP contribution in [-0.2, 0) is 0 Å². The molecule has 1 saturated heterocycles. The Hall–Kier alpha value is -2.76. The molecule has 6 heteroatoms. The van der Waals surface area contributed by atoms with Crippen LogP contribution in [0.4, 0.5) is 0 Å². The summed E-state index contributed by atoms with van der Waals surface area (Å²) in [5, 5.41) is 0. The largest absolute Gasteiger partial charge is 0.330 e. The molecule has 0 bridgehead atoms. The van der Waals surface area contributed by atoms with Gasteiger partial charge in [0.05, 0.1) is 17.3 Å². The third-order valence-electron chi connectivity index (χ3n) is 4.63. The molecule has 4 rings (SSSR count). The van der Waals surface area contributed by atoms with Crippen LogP contribution >= 0.6 is 0 Å². The summed E-state index contributed by atoms with van der Waals surface area (Å²) < 4.78 is 1.88. The summed E-state index contributed by atoms with van der Waals surface area (Å²) in [4.78, 5) is 28.2. The fourth-order valence-electron chi connectivity index (χ4n) is 3.35. The van der Waals surface area contributed by atoms with Crippen molar-refractivity contribution >= 4 is 11.7 Å². The lowest BCUT2D eigenvalue weighted by Crippen LogP contribution is -2.39. The average Bonchev–Trinajstić information content (AvgIpc) is 3.09. The van der Waals surface area contributed by atoms with Crippen LogP contribution in [0.15, 0.2) is 43.0 Å². The molecule has 0 radical (unpaired) electrons. The summed E-state index contributed by atoms with van der Waals surface area (Å²) >= 11 is 0. The Bertz CT molecular complexity index is 888. The Kier molecular flexibility index (Phi) is 3.72. The standard InChI is InChI=1S/C18H19N5O/c1-13-14(5-4-8-19-13)17(24)23-10-3-2-6-16(23)15-7-11-22-12-9-20-18(22)21-15/h4-5,7-9,11-12,16H,2-3,6,10H2,1H3/t16-/m1/s1. The van der Waals surface area contributed by atoms with E-state index in [2.05, 4.69) is 15.0 Å². The number of piperidine rings is 1. The van der Waals surface area contributed by atoms with E-state index in [-0.39, 0.29) is 11.9 Å². The number of likely N-dealkylation sites (tertiary alicyclic amines) is 1. The molecule has 0 N–H and O–H groups in total. The second-order valence-corrected chi connectivity index (χ2v) is 6.13. The molecule has 0 spiro atoms. The van der Waals surface area contributed by atoms with Gasteiger partial charge in [-0.1, -0.05) is 0 Å². The van der Waals surface area contributed by atoms with Gasteiger partial charge in [0.2, 0.25) is 5.78 Å². The molecule has 0 aromatic carbocycles. The van der Waals surface area contributed by atoms with E-state index < -0.39 is 0 Å². The SMILES string of the molecule is Cc1ncccc1C(=O)N1CCCC[C@@H]1c1ccn2ccnc2n1. The summed E-state index contributed by atoms with van der Waals surface area (Å²) in [5.41, 5.74) is 2.35. The number of hydrogen-bond donors (Lipinski definition) is 0. The lowest BCUT2D eigenvalue weighted by Gasteiger charge is -2.35. The molecule has 1 atom stereocenters. The molecule has 0 aliphatic carbocycles. The highest BCUT2D eigenvalue weighted by Crippen LogP contribution is 2.31. The van der Waals surface area contributed by atoms with Gasteiger partial charge in [-0.05, 0) is 44.4 Å². The maximum absolute atomic E-state index is 13.1. The summed E-state index contributed by atoms with van der Waals surface area (Å²) in [6, 6.07) is 5.64. The van der Waals surface area contributed by atoms with Crippen LogP contribution in [0.3, 0.4) is 0 Å². The molecule has 0 unspecified atom stereocenters. The second kappa shape index (κ2) is 6.03. The topological polar surface area (TPSA) is 63.4 Å². The normalized spacial score (nSPS) is 18.0. The van der Waals surface area contributed by atoms with E-state index in [0.29, 0.717) is 11.3 Å². The van der Waals surface area contributed by atoms with Crippen molar-refractivity contribution in [3.63, 3.8) is 0 Å². The summed E-state index contributed by atoms with van der Waals surface area (Å²) in [7, 11) is 0. The smallest absolute Gasteiger partial charge is 0.256 e. The first-order valence-electron chi connectivity index (χ1n) is 8.26. The highest BCUT2D eigenvalue weighted by molar-refractivity contribution is 5.95. The number of rotatable bonds is 2. The number of aromatic nitrogens is 4. The van der Waals surface area contributed by atoms with Crippen molar-refractivity contribution in [2.24, 2.45) is 0 Å². The van der Waals surface area contributed by atoms with Crippen molar-refractivity contribution in [3.05, 3.63) is 59.9 Å². The Morgan fingerprint density at radius 3 is 2.96 bits per heavy atom. The second-order valence-electron chi connectivity index (χ2n) is 6.13. The number of fused-ring (bicyclic) bond motifs is 1. The highest BCUT2D eigenvalue weighted by atomic mass is 16.2. The minimum atomic E-state index is -0.00689. The molecule has 6 nitrogen and oxygen atoms in total. The summed E-state index contributed by atoms with van der Waals surface area (Å²) in [5.74, 6) is 0.707. The molecule has 1 fully saturated rings. The number of imidazole rings is 1. The Morgan fingerprint density at radius 2 is 2.08 bits per heavy atom. The van der Waals surface area contributed by atoms with Crippen molar-refractivity contribution in [1.82, 2.24) is 24.3 Å². The third kappa shape index (κ3) is 2.54. The van der Waals surface area contributed by atoms with Crippen LogP contribution in [0, 0.1) is 6.92 Å². The molecule has 3 aromatic rings. The van der Waals surface area contributed by atoms with E-state index >= 15 is 0 Å². The van der Waals surface area contributed by atoms with Crippen molar-refractivity contribution < 1.29 is 4.79 Å². The zero-order chi connectivity index (χ0) is 16.5. The van der Waals surface area contributed by atoms with Gasteiger partial charge in [0.25, 0.3) is 5.91 Å². The van der Waals surface area contributed by atoms with Gasteiger partial charge in [-0.3, -0.25) is 14.2 Å². The van der Waals surface area contributed by atoms with Crippen LogP contribution in [0.1, 0.15) is 47.1 Å². The number of amides is 1. The quantitative estimate of drug-likeness (QED) is 0.728. The number of hydrogen-bond acceptors (Lipinski definition) is 4. The number of pyridine rings is 1. The molecular formula is C18H19N5O. The maximum Gasteiger partial charge on any atom is 0.256 e. The van der Waals surface area contributed by atoms with E-state index in [1.165, 1.54) is 0 Å². The highest BCUT2D eigenvalue weighted by Gasteiger charge is 2.30. The van der Waals surface area contributed by atoms with E-state index in [9.17, 15) is 4.79 Å². The number of carbonyl (C=O) groups excluding carboxylic acids is 1. The van der Waals surface area contributed by atoms with Crippen LogP contribution in [0.2, 0.25) is 0 Å². The fraction of sp³-hybridized carbons (Fsp3) is 0.333. The van der Waals surface area contributed by atoms with Crippen molar-refractivity contribution in [2.45, 2.75) is 32.2 Å². The number of nitrogens with zero attached hydrogens (tertiary/aromatic N) is 5. The van der Waals surface area contributed by atoms with Crippen molar-refractivity contribution in [1.29, 1.82) is 0 Å². The van der Waals surface area contributed by atoms with Gasteiger partial charge in [-0.2, -0.15) is 0 Å².